The predicted molar refractivity (Wildman–Crippen MR) is 86.0 cm³/mol. The minimum Gasteiger partial charge on any atom is -0.455 e. The van der Waals surface area contributed by atoms with Gasteiger partial charge in [0.05, 0.1) is 11.3 Å². The number of hydrogen-bond donors (Lipinski definition) is 2. The number of halogens is 1. The van der Waals surface area contributed by atoms with Crippen molar-refractivity contribution in [2.24, 2.45) is 5.73 Å². The largest absolute Gasteiger partial charge is 0.455 e. The lowest BCUT2D eigenvalue weighted by atomic mass is 10.0. The number of carbonyl (C=O) groups is 1. The lowest BCUT2D eigenvalue weighted by molar-refractivity contribution is 0.0999. The van der Waals surface area contributed by atoms with Gasteiger partial charge in [0.1, 0.15) is 5.75 Å². The summed E-state index contributed by atoms with van der Waals surface area (Å²) in [6, 6.07) is 11.2. The maximum Gasteiger partial charge on any atom is 0.249 e. The summed E-state index contributed by atoms with van der Waals surface area (Å²) in [5, 5.41) is 3.38. The molecule has 1 aliphatic rings. The van der Waals surface area contributed by atoms with E-state index < -0.39 is 5.91 Å². The van der Waals surface area contributed by atoms with Crippen LogP contribution in [0.1, 0.15) is 22.3 Å². The van der Waals surface area contributed by atoms with Gasteiger partial charge in [0, 0.05) is 11.0 Å². The molecule has 0 radical (unpaired) electrons. The van der Waals surface area contributed by atoms with Gasteiger partial charge in [-0.2, -0.15) is 0 Å². The summed E-state index contributed by atoms with van der Waals surface area (Å²) in [5.41, 5.74) is 8.05. The van der Waals surface area contributed by atoms with Crippen molar-refractivity contribution in [1.82, 2.24) is 0 Å². The first kappa shape index (κ1) is 13.9. The normalized spacial score (nSPS) is 13.2. The molecule has 0 bridgehead atoms. The van der Waals surface area contributed by atoms with Crippen molar-refractivity contribution in [3.05, 3.63) is 52.0 Å². The Balaban J connectivity index is 1.91. The van der Waals surface area contributed by atoms with Gasteiger partial charge in [0.25, 0.3) is 0 Å². The van der Waals surface area contributed by atoms with Crippen molar-refractivity contribution < 1.29 is 9.53 Å². The van der Waals surface area contributed by atoms with E-state index >= 15 is 0 Å². The van der Waals surface area contributed by atoms with E-state index in [1.54, 1.807) is 18.2 Å². The number of nitrogens with one attached hydrogen (secondary N) is 1. The molecular formula is C16H15BrN2O2. The molecular weight excluding hydrogens is 332 g/mol. The lowest BCUT2D eigenvalue weighted by Crippen LogP contribution is -2.12. The Bertz CT molecular complexity index is 701. The molecule has 0 atom stereocenters. The zero-order chi connectivity index (χ0) is 14.8. The zero-order valence-corrected chi connectivity index (χ0v) is 12.9. The van der Waals surface area contributed by atoms with Gasteiger partial charge in [-0.3, -0.25) is 4.79 Å². The van der Waals surface area contributed by atoms with Gasteiger partial charge in [0.15, 0.2) is 5.75 Å². The highest BCUT2D eigenvalue weighted by molar-refractivity contribution is 9.10. The van der Waals surface area contributed by atoms with Gasteiger partial charge in [-0.1, -0.05) is 12.1 Å². The monoisotopic (exact) mass is 346 g/mol. The first-order valence-electron chi connectivity index (χ1n) is 6.78. The van der Waals surface area contributed by atoms with Crippen LogP contribution in [0.15, 0.2) is 40.9 Å². The molecule has 3 rings (SSSR count). The molecule has 108 valence electrons. The number of carbonyl (C=O) groups excluding carboxylic acids is 1. The van der Waals surface area contributed by atoms with Gasteiger partial charge in [-0.15, -0.1) is 0 Å². The molecule has 0 unspecified atom stereocenters. The molecule has 2 aromatic rings. The van der Waals surface area contributed by atoms with Gasteiger partial charge < -0.3 is 15.8 Å². The van der Waals surface area contributed by atoms with E-state index in [0.717, 1.165) is 30.8 Å². The molecule has 1 amide bonds. The van der Waals surface area contributed by atoms with Crippen LogP contribution in [0.5, 0.6) is 11.5 Å². The van der Waals surface area contributed by atoms with Crippen LogP contribution in [0.2, 0.25) is 0 Å². The summed E-state index contributed by atoms with van der Waals surface area (Å²) in [4.78, 5) is 11.2. The average Bonchev–Trinajstić information content (AvgIpc) is 2.47. The number of ether oxygens (including phenoxy) is 1. The van der Waals surface area contributed by atoms with Crippen molar-refractivity contribution in [3.63, 3.8) is 0 Å². The Hall–Kier alpha value is -2.01. The van der Waals surface area contributed by atoms with Crippen molar-refractivity contribution in [2.45, 2.75) is 12.8 Å². The minimum atomic E-state index is -0.466. The first-order chi connectivity index (χ1) is 10.1. The number of para-hydroxylation sites is 1. The van der Waals surface area contributed by atoms with Gasteiger partial charge in [-0.05, 0) is 58.6 Å². The molecule has 1 aliphatic heterocycles. The molecule has 0 saturated carbocycles. The fraction of sp³-hybridized carbons (Fsp3) is 0.188. The molecule has 0 fully saturated rings. The number of rotatable bonds is 3. The topological polar surface area (TPSA) is 64.4 Å². The lowest BCUT2D eigenvalue weighted by Gasteiger charge is -2.21. The van der Waals surface area contributed by atoms with Crippen LogP contribution < -0.4 is 15.8 Å². The van der Waals surface area contributed by atoms with Crippen LogP contribution in [0.3, 0.4) is 0 Å². The predicted octanol–water partition coefficient (Wildman–Crippen LogP) is 3.70. The summed E-state index contributed by atoms with van der Waals surface area (Å²) in [5.74, 6) is 0.991. The van der Waals surface area contributed by atoms with E-state index in [-0.39, 0.29) is 0 Å². The highest BCUT2D eigenvalue weighted by Gasteiger charge is 2.14. The molecule has 0 aromatic heterocycles. The number of nitrogens with two attached hydrogens (primary N) is 1. The number of aryl methyl sites for hydroxylation is 1. The van der Waals surface area contributed by atoms with Crippen molar-refractivity contribution in [3.8, 4) is 11.5 Å². The second-order valence-electron chi connectivity index (χ2n) is 4.93. The van der Waals surface area contributed by atoms with Crippen LogP contribution >= 0.6 is 15.9 Å². The second kappa shape index (κ2) is 5.77. The Kier molecular flexibility index (Phi) is 3.84. The number of hydrogen-bond acceptors (Lipinski definition) is 3. The molecule has 21 heavy (non-hydrogen) atoms. The van der Waals surface area contributed by atoms with E-state index in [4.69, 9.17) is 10.5 Å². The summed E-state index contributed by atoms with van der Waals surface area (Å²) >= 11 is 3.34. The third kappa shape index (κ3) is 2.88. The summed E-state index contributed by atoms with van der Waals surface area (Å²) < 4.78 is 6.58. The fourth-order valence-electron chi connectivity index (χ4n) is 2.45. The first-order valence-corrected chi connectivity index (χ1v) is 7.57. The third-order valence-corrected chi connectivity index (χ3v) is 4.13. The van der Waals surface area contributed by atoms with Crippen molar-refractivity contribution in [1.29, 1.82) is 0 Å². The Labute approximate surface area is 131 Å². The summed E-state index contributed by atoms with van der Waals surface area (Å²) in [6.45, 7) is 0.956. The Morgan fingerprint density at radius 1 is 1.29 bits per heavy atom. The Morgan fingerprint density at radius 3 is 2.90 bits per heavy atom. The van der Waals surface area contributed by atoms with E-state index in [1.807, 2.05) is 12.1 Å². The third-order valence-electron chi connectivity index (χ3n) is 3.47. The number of anilines is 1. The standard InChI is InChI=1S/C16H15BrN2O2/c17-13-9-11(6-7-12(13)16(18)20)21-14-5-1-3-10-4-2-8-19-15(10)14/h1,3,5-7,9,19H,2,4,8H2,(H2,18,20). The molecule has 2 aromatic carbocycles. The van der Waals surface area contributed by atoms with Gasteiger partial charge >= 0.3 is 0 Å². The molecule has 0 spiro atoms. The number of benzene rings is 2. The van der Waals surface area contributed by atoms with Crippen LogP contribution in [-0.2, 0) is 6.42 Å². The minimum absolute atomic E-state index is 0.440. The van der Waals surface area contributed by atoms with Crippen molar-refractivity contribution in [2.75, 3.05) is 11.9 Å². The number of primary amides is 1. The quantitative estimate of drug-likeness (QED) is 0.890. The van der Waals surface area contributed by atoms with Crippen LogP contribution in [0.25, 0.3) is 0 Å². The Morgan fingerprint density at radius 2 is 2.14 bits per heavy atom. The molecule has 5 heteroatoms. The van der Waals surface area contributed by atoms with E-state index in [0.29, 0.717) is 15.8 Å². The fourth-order valence-corrected chi connectivity index (χ4v) is 3.00. The molecule has 3 N–H and O–H groups in total. The maximum atomic E-state index is 11.2. The molecule has 4 nitrogen and oxygen atoms in total. The van der Waals surface area contributed by atoms with Crippen molar-refractivity contribution >= 4 is 27.5 Å². The zero-order valence-electron chi connectivity index (χ0n) is 11.4. The summed E-state index contributed by atoms with van der Waals surface area (Å²) in [6.07, 6.45) is 2.19. The highest BCUT2D eigenvalue weighted by atomic mass is 79.9. The van der Waals surface area contributed by atoms with E-state index in [9.17, 15) is 4.79 Å². The molecule has 1 heterocycles. The van der Waals surface area contributed by atoms with Crippen LogP contribution in [0, 0.1) is 0 Å². The van der Waals surface area contributed by atoms with Crippen LogP contribution in [-0.4, -0.2) is 12.5 Å². The summed E-state index contributed by atoms with van der Waals surface area (Å²) in [7, 11) is 0. The van der Waals surface area contributed by atoms with E-state index in [2.05, 4.69) is 27.3 Å². The smallest absolute Gasteiger partial charge is 0.249 e. The average molecular weight is 347 g/mol. The molecule has 0 aliphatic carbocycles. The SMILES string of the molecule is NC(=O)c1ccc(Oc2cccc3c2NCCC3)cc1Br. The maximum absolute atomic E-state index is 11.2. The second-order valence-corrected chi connectivity index (χ2v) is 5.78. The van der Waals surface area contributed by atoms with Gasteiger partial charge in [-0.25, -0.2) is 0 Å². The van der Waals surface area contributed by atoms with Crippen LogP contribution in [0.4, 0.5) is 5.69 Å². The van der Waals surface area contributed by atoms with Gasteiger partial charge in [0.2, 0.25) is 5.91 Å². The molecule has 0 saturated heterocycles. The van der Waals surface area contributed by atoms with E-state index in [1.165, 1.54) is 5.56 Å². The highest BCUT2D eigenvalue weighted by Crippen LogP contribution is 2.36. The number of fused-ring (bicyclic) bond motifs is 1. The number of amides is 1.